The van der Waals surface area contributed by atoms with Crippen molar-refractivity contribution in [3.63, 3.8) is 0 Å². The normalized spacial score (nSPS) is 15.6. The van der Waals surface area contributed by atoms with Gasteiger partial charge in [-0.15, -0.1) is 0 Å². The lowest BCUT2D eigenvalue weighted by atomic mass is 9.97. The van der Waals surface area contributed by atoms with E-state index in [4.69, 9.17) is 10.2 Å². The molecule has 10 heteroatoms. The van der Waals surface area contributed by atoms with Crippen LogP contribution in [0.1, 0.15) is 39.4 Å². The smallest absolute Gasteiger partial charge is 0.275 e. The summed E-state index contributed by atoms with van der Waals surface area (Å²) in [6, 6.07) is 8.28. The Bertz CT molecular complexity index is 1370. The number of hydrogen-bond acceptors (Lipinski definition) is 7. The van der Waals surface area contributed by atoms with Gasteiger partial charge >= 0.3 is 0 Å². The van der Waals surface area contributed by atoms with Gasteiger partial charge < -0.3 is 20.2 Å². The van der Waals surface area contributed by atoms with Crippen molar-refractivity contribution in [2.45, 2.75) is 12.1 Å². The average molecular weight is 459 g/mol. The van der Waals surface area contributed by atoms with E-state index in [1.165, 1.54) is 9.58 Å². The Morgan fingerprint density at radius 2 is 1.82 bits per heavy atom. The van der Waals surface area contributed by atoms with E-state index < -0.39 is 29.2 Å². The van der Waals surface area contributed by atoms with Gasteiger partial charge in [-0.2, -0.15) is 10.2 Å². The first-order chi connectivity index (χ1) is 16.5. The first-order valence-corrected chi connectivity index (χ1v) is 10.4. The minimum atomic E-state index is -0.743. The predicted molar refractivity (Wildman–Crippen MR) is 121 cm³/mol. The van der Waals surface area contributed by atoms with E-state index in [9.17, 15) is 14.7 Å². The highest BCUT2D eigenvalue weighted by Gasteiger charge is 2.39. The molecule has 0 saturated heterocycles. The van der Waals surface area contributed by atoms with Gasteiger partial charge in [0.25, 0.3) is 5.91 Å². The van der Waals surface area contributed by atoms with E-state index in [1.807, 2.05) is 30.3 Å². The fourth-order valence-electron chi connectivity index (χ4n) is 3.94. The van der Waals surface area contributed by atoms with Crippen LogP contribution in [0.2, 0.25) is 0 Å². The van der Waals surface area contributed by atoms with Crippen molar-refractivity contribution in [1.29, 1.82) is 0 Å². The number of nitrogens with zero attached hydrogens (tertiary/aromatic N) is 5. The zero-order valence-electron chi connectivity index (χ0n) is 18.2. The molecule has 3 N–H and O–H groups in total. The second-order valence-corrected chi connectivity index (χ2v) is 7.55. The molecule has 3 aromatic rings. The molecule has 172 valence electrons. The first-order valence-electron chi connectivity index (χ1n) is 10.4. The van der Waals surface area contributed by atoms with Gasteiger partial charge in [0.05, 0.1) is 17.8 Å². The van der Waals surface area contributed by atoms with Crippen LogP contribution in [0.3, 0.4) is 0 Å². The van der Waals surface area contributed by atoms with E-state index in [0.717, 1.165) is 11.8 Å². The second-order valence-electron chi connectivity index (χ2n) is 7.55. The second kappa shape index (κ2) is 9.63. The molecule has 1 aliphatic heterocycles. The van der Waals surface area contributed by atoms with Crippen molar-refractivity contribution in [2.24, 2.45) is 0 Å². The molecule has 4 rings (SSSR count). The van der Waals surface area contributed by atoms with E-state index in [0.29, 0.717) is 11.3 Å². The van der Waals surface area contributed by atoms with E-state index >= 15 is 0 Å². The molecular weight excluding hydrogens is 438 g/mol. The molecule has 1 aromatic carbocycles. The van der Waals surface area contributed by atoms with Gasteiger partial charge in [-0.25, -0.2) is 4.68 Å². The highest BCUT2D eigenvalue weighted by atomic mass is 16.3. The quantitative estimate of drug-likeness (QED) is 0.460. The van der Waals surface area contributed by atoms with Crippen molar-refractivity contribution in [3.05, 3.63) is 75.5 Å². The summed E-state index contributed by atoms with van der Waals surface area (Å²) in [4.78, 5) is 26.2. The highest BCUT2D eigenvalue weighted by molar-refractivity contribution is 5.95. The van der Waals surface area contributed by atoms with Crippen molar-refractivity contribution in [1.82, 2.24) is 24.5 Å². The molecule has 0 spiro atoms. The maximum Gasteiger partial charge on any atom is 0.275 e. The summed E-state index contributed by atoms with van der Waals surface area (Å²) in [6.45, 7) is -0.489. The number of hydrogen-bond donors (Lipinski definition) is 3. The largest absolute Gasteiger partial charge is 0.502 e. The van der Waals surface area contributed by atoms with Gasteiger partial charge in [-0.1, -0.05) is 48.1 Å². The van der Waals surface area contributed by atoms with Crippen LogP contribution in [0.25, 0.3) is 0 Å². The molecule has 0 saturated carbocycles. The summed E-state index contributed by atoms with van der Waals surface area (Å²) in [5.41, 5.74) is 0.651. The van der Waals surface area contributed by atoms with Gasteiger partial charge in [0, 0.05) is 19.8 Å². The van der Waals surface area contributed by atoms with Crippen molar-refractivity contribution in [3.8, 4) is 29.4 Å². The topological polar surface area (TPSA) is 134 Å². The minimum Gasteiger partial charge on any atom is -0.502 e. The number of likely N-dealkylation sites (N-methyl/N-ethyl adjacent to an activating group) is 1. The van der Waals surface area contributed by atoms with Crippen LogP contribution in [-0.4, -0.2) is 72.5 Å². The van der Waals surface area contributed by atoms with E-state index in [1.54, 1.807) is 17.9 Å². The number of benzene rings is 1. The molecule has 3 heterocycles. The fraction of sp³-hybridized carbons (Fsp3) is 0.250. The number of fused-ring (bicyclic) bond motifs is 1. The first kappa shape index (κ1) is 22.8. The number of amides is 1. The molecule has 0 bridgehead atoms. The van der Waals surface area contributed by atoms with Crippen LogP contribution in [0, 0.1) is 23.7 Å². The van der Waals surface area contributed by atoms with Crippen LogP contribution in [0.15, 0.2) is 47.5 Å². The Morgan fingerprint density at radius 1 is 1.12 bits per heavy atom. The molecule has 10 nitrogen and oxygen atoms in total. The standard InChI is InChI=1S/C24H21N5O5/c1-27-15-19(29-22(24(27)34)23(33)20(32)13-25-29)21(16-7-3-2-4-8-16)28-14-17(9-5-11-30)18(26-28)10-6-12-31/h2-4,7-8,13-14,19,21,30-31,33H,11-12,15H2,1H3/t19-,21-/m1/s1. The van der Waals surface area contributed by atoms with Gasteiger partial charge in [-0.05, 0) is 11.5 Å². The SMILES string of the molecule is CN1C[C@H]([C@@H](c2ccccc2)n2cc(C#CCO)c(C#CCO)n2)n2ncc(=O)c(O)c2C1=O. The predicted octanol–water partition coefficient (Wildman–Crippen LogP) is -0.251. The molecule has 34 heavy (non-hydrogen) atoms. The number of carbonyl (C=O) groups excluding carboxylic acids is 1. The van der Waals surface area contributed by atoms with E-state index in [-0.39, 0.29) is 25.5 Å². The number of rotatable bonds is 3. The molecule has 0 aliphatic carbocycles. The molecule has 1 amide bonds. The third-order valence-corrected chi connectivity index (χ3v) is 5.42. The number of aliphatic hydroxyl groups excluding tert-OH is 2. The van der Waals surface area contributed by atoms with Crippen LogP contribution in [0.5, 0.6) is 5.75 Å². The summed E-state index contributed by atoms with van der Waals surface area (Å²) in [6.07, 6.45) is 2.64. The molecule has 0 radical (unpaired) electrons. The highest BCUT2D eigenvalue weighted by Crippen LogP contribution is 2.35. The summed E-state index contributed by atoms with van der Waals surface area (Å²) in [5, 5.41) is 37.4. The van der Waals surface area contributed by atoms with E-state index in [2.05, 4.69) is 33.9 Å². The van der Waals surface area contributed by atoms with Crippen molar-refractivity contribution >= 4 is 5.91 Å². The summed E-state index contributed by atoms with van der Waals surface area (Å²) in [5.74, 6) is 9.54. The third kappa shape index (κ3) is 4.16. The Hall–Kier alpha value is -4.38. The van der Waals surface area contributed by atoms with Gasteiger partial charge in [0.1, 0.15) is 19.3 Å². The molecule has 0 fully saturated rings. The number of carbonyl (C=O) groups is 1. The van der Waals surface area contributed by atoms with Crippen molar-refractivity contribution < 1.29 is 20.1 Å². The molecule has 2 atom stereocenters. The third-order valence-electron chi connectivity index (χ3n) is 5.42. The Labute approximate surface area is 194 Å². The van der Waals surface area contributed by atoms with Gasteiger partial charge in [-0.3, -0.25) is 14.3 Å². The monoisotopic (exact) mass is 459 g/mol. The lowest BCUT2D eigenvalue weighted by Gasteiger charge is -2.37. The summed E-state index contributed by atoms with van der Waals surface area (Å²) < 4.78 is 2.99. The lowest BCUT2D eigenvalue weighted by Crippen LogP contribution is -2.46. The van der Waals surface area contributed by atoms with Crippen LogP contribution in [-0.2, 0) is 0 Å². The summed E-state index contributed by atoms with van der Waals surface area (Å²) >= 11 is 0. The molecule has 0 unspecified atom stereocenters. The fourth-order valence-corrected chi connectivity index (χ4v) is 3.94. The number of aromatic nitrogens is 4. The zero-order valence-corrected chi connectivity index (χ0v) is 18.2. The number of aromatic hydroxyl groups is 1. The Balaban J connectivity index is 1.95. The number of aliphatic hydroxyl groups is 2. The minimum absolute atomic E-state index is 0.195. The van der Waals surface area contributed by atoms with Crippen LogP contribution >= 0.6 is 0 Å². The van der Waals surface area contributed by atoms with Gasteiger partial charge in [0.2, 0.25) is 5.43 Å². The van der Waals surface area contributed by atoms with Crippen LogP contribution in [0.4, 0.5) is 0 Å². The Morgan fingerprint density at radius 3 is 2.53 bits per heavy atom. The Kier molecular flexibility index (Phi) is 6.46. The maximum absolute atomic E-state index is 12.8. The molecular formula is C24H21N5O5. The maximum atomic E-state index is 12.8. The molecule has 2 aromatic heterocycles. The van der Waals surface area contributed by atoms with Crippen LogP contribution < -0.4 is 5.43 Å². The van der Waals surface area contributed by atoms with Gasteiger partial charge in [0.15, 0.2) is 17.1 Å². The molecule has 1 aliphatic rings. The summed E-state index contributed by atoms with van der Waals surface area (Å²) in [7, 11) is 1.58. The average Bonchev–Trinajstić information content (AvgIpc) is 3.24. The lowest BCUT2D eigenvalue weighted by molar-refractivity contribution is 0.0667. The van der Waals surface area contributed by atoms with Crippen molar-refractivity contribution in [2.75, 3.05) is 26.8 Å². The zero-order chi connectivity index (χ0) is 24.2.